The molecular formula is C20H19F3N6OS. The summed E-state index contributed by atoms with van der Waals surface area (Å²) >= 11 is 1.32. The molecule has 0 radical (unpaired) electrons. The van der Waals surface area contributed by atoms with Gasteiger partial charge >= 0.3 is 6.18 Å². The predicted molar refractivity (Wildman–Crippen MR) is 112 cm³/mol. The number of hydrogen-bond donors (Lipinski definition) is 3. The van der Waals surface area contributed by atoms with Crippen LogP contribution in [0.5, 0.6) is 0 Å². The van der Waals surface area contributed by atoms with Gasteiger partial charge in [0, 0.05) is 28.7 Å². The molecule has 31 heavy (non-hydrogen) atoms. The highest BCUT2D eigenvalue weighted by Gasteiger charge is 2.32. The minimum Gasteiger partial charge on any atom is -0.324 e. The zero-order valence-corrected chi connectivity index (χ0v) is 17.1. The van der Waals surface area contributed by atoms with Crippen molar-refractivity contribution in [2.75, 3.05) is 23.7 Å². The molecule has 162 valence electrons. The van der Waals surface area contributed by atoms with Crippen molar-refractivity contribution >= 4 is 34.0 Å². The number of nitrogens with one attached hydrogen (secondary N) is 3. The van der Waals surface area contributed by atoms with Gasteiger partial charge in [0.1, 0.15) is 5.69 Å². The van der Waals surface area contributed by atoms with E-state index in [2.05, 4.69) is 30.9 Å². The molecule has 4 rings (SSSR count). The second-order valence-electron chi connectivity index (χ2n) is 7.02. The topological polar surface area (TPSA) is 91.8 Å². The van der Waals surface area contributed by atoms with Gasteiger partial charge in [0.15, 0.2) is 5.13 Å². The van der Waals surface area contributed by atoms with Crippen molar-refractivity contribution in [2.45, 2.75) is 19.0 Å². The Bertz CT molecular complexity index is 1060. The fourth-order valence-electron chi connectivity index (χ4n) is 3.22. The predicted octanol–water partition coefficient (Wildman–Crippen LogP) is 4.30. The number of nitrogens with zero attached hydrogens (tertiary/aromatic N) is 3. The number of hydrogen-bond acceptors (Lipinski definition) is 7. The van der Waals surface area contributed by atoms with Crippen molar-refractivity contribution in [3.63, 3.8) is 0 Å². The van der Waals surface area contributed by atoms with Crippen LogP contribution in [0.1, 0.15) is 18.5 Å². The van der Waals surface area contributed by atoms with Gasteiger partial charge in [-0.1, -0.05) is 12.1 Å². The maximum absolute atomic E-state index is 12.8. The first-order valence-electron chi connectivity index (χ1n) is 9.63. The van der Waals surface area contributed by atoms with E-state index in [9.17, 15) is 18.0 Å². The van der Waals surface area contributed by atoms with Crippen molar-refractivity contribution in [3.8, 4) is 11.3 Å². The number of benzene rings is 1. The van der Waals surface area contributed by atoms with Gasteiger partial charge in [-0.3, -0.25) is 4.79 Å². The number of amides is 1. The molecule has 1 aliphatic heterocycles. The van der Waals surface area contributed by atoms with Crippen molar-refractivity contribution in [2.24, 2.45) is 5.92 Å². The summed E-state index contributed by atoms with van der Waals surface area (Å²) in [7, 11) is 0. The van der Waals surface area contributed by atoms with Crippen LogP contribution in [-0.2, 0) is 11.0 Å². The normalized spacial score (nSPS) is 14.9. The lowest BCUT2D eigenvalue weighted by Gasteiger charge is -2.20. The minimum absolute atomic E-state index is 0.0198. The molecule has 3 aromatic rings. The molecule has 0 atom stereocenters. The number of alkyl halides is 3. The molecule has 7 nitrogen and oxygen atoms in total. The zero-order valence-electron chi connectivity index (χ0n) is 16.2. The summed E-state index contributed by atoms with van der Waals surface area (Å²) in [4.78, 5) is 24.2. The smallest absolute Gasteiger partial charge is 0.324 e. The van der Waals surface area contributed by atoms with Crippen LogP contribution in [0, 0.1) is 5.92 Å². The first-order chi connectivity index (χ1) is 14.9. The average Bonchev–Trinajstić information content (AvgIpc) is 3.23. The Morgan fingerprint density at radius 2 is 1.97 bits per heavy atom. The largest absolute Gasteiger partial charge is 0.433 e. The Balaban J connectivity index is 1.46. The van der Waals surface area contributed by atoms with E-state index in [-0.39, 0.29) is 17.8 Å². The second-order valence-corrected chi connectivity index (χ2v) is 7.88. The van der Waals surface area contributed by atoms with Gasteiger partial charge in [0.2, 0.25) is 11.9 Å². The fraction of sp³-hybridized carbons (Fsp3) is 0.300. The number of thiazole rings is 1. The molecule has 1 saturated heterocycles. The molecule has 0 spiro atoms. The van der Waals surface area contributed by atoms with Crippen LogP contribution in [-0.4, -0.2) is 33.9 Å². The molecule has 1 amide bonds. The van der Waals surface area contributed by atoms with Gasteiger partial charge in [-0.2, -0.15) is 13.2 Å². The van der Waals surface area contributed by atoms with Crippen LogP contribution in [0.25, 0.3) is 11.3 Å². The number of rotatable bonds is 5. The number of piperidine rings is 1. The van der Waals surface area contributed by atoms with E-state index in [1.165, 1.54) is 11.3 Å². The molecule has 3 heterocycles. The molecule has 2 aromatic heterocycles. The Morgan fingerprint density at radius 1 is 1.16 bits per heavy atom. The molecule has 0 aliphatic carbocycles. The van der Waals surface area contributed by atoms with E-state index >= 15 is 0 Å². The highest BCUT2D eigenvalue weighted by atomic mass is 32.1. The maximum atomic E-state index is 12.8. The summed E-state index contributed by atoms with van der Waals surface area (Å²) in [6.45, 7) is 1.66. The van der Waals surface area contributed by atoms with Gasteiger partial charge in [-0.15, -0.1) is 11.3 Å². The third-order valence-corrected chi connectivity index (χ3v) is 5.56. The van der Waals surface area contributed by atoms with Crippen molar-refractivity contribution in [3.05, 3.63) is 47.6 Å². The molecule has 0 bridgehead atoms. The van der Waals surface area contributed by atoms with E-state index in [4.69, 9.17) is 0 Å². The van der Waals surface area contributed by atoms with Crippen LogP contribution >= 0.6 is 11.3 Å². The molecule has 1 aliphatic rings. The minimum atomic E-state index is -4.54. The van der Waals surface area contributed by atoms with Crippen molar-refractivity contribution in [1.29, 1.82) is 0 Å². The summed E-state index contributed by atoms with van der Waals surface area (Å²) in [5, 5.41) is 11.2. The number of carbonyl (C=O) groups excluding carboxylic acids is 1. The summed E-state index contributed by atoms with van der Waals surface area (Å²) in [5.74, 6) is -0.201. The highest BCUT2D eigenvalue weighted by Crippen LogP contribution is 2.30. The third-order valence-electron chi connectivity index (χ3n) is 4.80. The van der Waals surface area contributed by atoms with Gasteiger partial charge in [-0.05, 0) is 44.1 Å². The number of aromatic nitrogens is 3. The number of carbonyl (C=O) groups is 1. The molecule has 1 fully saturated rings. The lowest BCUT2D eigenvalue weighted by molar-refractivity contribution is -0.141. The van der Waals surface area contributed by atoms with E-state index in [0.717, 1.165) is 43.8 Å². The molecule has 1 aromatic carbocycles. The van der Waals surface area contributed by atoms with E-state index in [1.54, 1.807) is 18.2 Å². The van der Waals surface area contributed by atoms with Crippen LogP contribution in [0.3, 0.4) is 0 Å². The second kappa shape index (κ2) is 8.98. The molecule has 11 heteroatoms. The molecule has 0 unspecified atom stereocenters. The van der Waals surface area contributed by atoms with E-state index in [1.807, 2.05) is 11.4 Å². The standard InChI is InChI=1S/C20H19F3N6OS/c21-20(22,23)16-6-9-25-18(28-16)26-14-3-1-2-13(10-14)15-11-31-19(27-15)29-17(30)12-4-7-24-8-5-12/h1-3,6,9-12,24H,4-5,7-8H2,(H,25,26,28)(H,27,29,30). The Hall–Kier alpha value is -3.05. The third kappa shape index (κ3) is 5.36. The number of halogens is 3. The molecule has 0 saturated carbocycles. The first kappa shape index (κ1) is 21.2. The lowest BCUT2D eigenvalue weighted by atomic mass is 9.97. The van der Waals surface area contributed by atoms with Crippen LogP contribution in [0.4, 0.5) is 29.9 Å². The van der Waals surface area contributed by atoms with E-state index < -0.39 is 11.9 Å². The van der Waals surface area contributed by atoms with Gasteiger partial charge in [0.25, 0.3) is 0 Å². The average molecular weight is 448 g/mol. The number of anilines is 3. The molecular weight excluding hydrogens is 429 g/mol. The zero-order chi connectivity index (χ0) is 21.8. The quantitative estimate of drug-likeness (QED) is 0.539. The SMILES string of the molecule is O=C(Nc1nc(-c2cccc(Nc3nccc(C(F)(F)F)n3)c2)cs1)C1CCNCC1. The summed E-state index contributed by atoms with van der Waals surface area (Å²) in [6.07, 6.45) is -1.89. The maximum Gasteiger partial charge on any atom is 0.433 e. The Kier molecular flexibility index (Phi) is 6.14. The van der Waals surface area contributed by atoms with Gasteiger partial charge in [-0.25, -0.2) is 15.0 Å². The van der Waals surface area contributed by atoms with Gasteiger partial charge < -0.3 is 16.0 Å². The summed E-state index contributed by atoms with van der Waals surface area (Å²) in [5.41, 5.74) is 0.898. The monoisotopic (exact) mass is 448 g/mol. The van der Waals surface area contributed by atoms with Crippen LogP contribution in [0.2, 0.25) is 0 Å². The summed E-state index contributed by atoms with van der Waals surface area (Å²) < 4.78 is 38.5. The Morgan fingerprint density at radius 3 is 2.74 bits per heavy atom. The highest BCUT2D eigenvalue weighted by molar-refractivity contribution is 7.14. The van der Waals surface area contributed by atoms with Gasteiger partial charge in [0.05, 0.1) is 5.69 Å². The van der Waals surface area contributed by atoms with Crippen molar-refractivity contribution < 1.29 is 18.0 Å². The van der Waals surface area contributed by atoms with Crippen LogP contribution < -0.4 is 16.0 Å². The summed E-state index contributed by atoms with van der Waals surface area (Å²) in [6, 6.07) is 7.82. The van der Waals surface area contributed by atoms with Crippen molar-refractivity contribution in [1.82, 2.24) is 20.3 Å². The lowest BCUT2D eigenvalue weighted by Crippen LogP contribution is -2.34. The first-order valence-corrected chi connectivity index (χ1v) is 10.5. The van der Waals surface area contributed by atoms with E-state index in [0.29, 0.717) is 16.5 Å². The fourth-order valence-corrected chi connectivity index (χ4v) is 3.94. The van der Waals surface area contributed by atoms with Crippen LogP contribution in [0.15, 0.2) is 41.9 Å². The molecule has 3 N–H and O–H groups in total. The Labute approximate surface area is 180 Å².